The molecule has 0 bridgehead atoms. The van der Waals surface area contributed by atoms with Gasteiger partial charge in [-0.05, 0) is 0 Å². The Kier molecular flexibility index (Phi) is 6.70. The van der Waals surface area contributed by atoms with Gasteiger partial charge in [0.25, 0.3) is 0 Å². The van der Waals surface area contributed by atoms with Crippen LogP contribution in [-0.4, -0.2) is 33.6 Å². The molecular weight excluding hydrogens is 351 g/mol. The van der Waals surface area contributed by atoms with Crippen molar-refractivity contribution in [2.75, 3.05) is 0 Å². The summed E-state index contributed by atoms with van der Waals surface area (Å²) in [6.07, 6.45) is 0. The summed E-state index contributed by atoms with van der Waals surface area (Å²) in [5.74, 6) is -1.72. The average Bonchev–Trinajstić information content (AvgIpc) is 2.24. The first kappa shape index (κ1) is 21.0. The Labute approximate surface area is 138 Å². The van der Waals surface area contributed by atoms with Crippen LogP contribution in [0.25, 0.3) is 0 Å². The second-order valence-corrected chi connectivity index (χ2v) is 10.2. The van der Waals surface area contributed by atoms with Crippen LogP contribution in [0.3, 0.4) is 0 Å². The number of hydrogen-bond acceptors (Lipinski definition) is 6. The monoisotopic (exact) mass is 378 g/mol. The molecule has 0 atom stereocenters. The van der Waals surface area contributed by atoms with Crippen molar-refractivity contribution in [2.45, 2.75) is 62.3 Å². The third-order valence-corrected chi connectivity index (χ3v) is 4.29. The van der Waals surface area contributed by atoms with Gasteiger partial charge in [-0.3, -0.25) is 0 Å². The number of hydrogen-bond donors (Lipinski definition) is 0. The van der Waals surface area contributed by atoms with Crippen molar-refractivity contribution in [2.24, 2.45) is 16.2 Å². The van der Waals surface area contributed by atoms with Gasteiger partial charge in [0.2, 0.25) is 0 Å². The molecule has 22 heavy (non-hydrogen) atoms. The van der Waals surface area contributed by atoms with Crippen LogP contribution in [0.5, 0.6) is 0 Å². The molecule has 0 rings (SSSR count). The van der Waals surface area contributed by atoms with Gasteiger partial charge in [-0.2, -0.15) is 0 Å². The summed E-state index contributed by atoms with van der Waals surface area (Å²) in [4.78, 5) is 35.9. The quantitative estimate of drug-likeness (QED) is 0.703. The first-order valence-corrected chi connectivity index (χ1v) is 9.32. The molecule has 0 aliphatic carbocycles. The van der Waals surface area contributed by atoms with E-state index >= 15 is 0 Å². The minimum atomic E-state index is -3.33. The van der Waals surface area contributed by atoms with Crippen LogP contribution in [0.2, 0.25) is 0 Å². The van der Waals surface area contributed by atoms with Crippen molar-refractivity contribution in [3.63, 3.8) is 0 Å². The molecule has 0 heterocycles. The Morgan fingerprint density at radius 2 is 0.727 bits per heavy atom. The van der Waals surface area contributed by atoms with E-state index in [-0.39, 0.29) is 0 Å². The van der Waals surface area contributed by atoms with Crippen molar-refractivity contribution in [1.82, 2.24) is 0 Å². The minimum absolute atomic E-state index is 0.573. The topological polar surface area (TPSA) is 78.9 Å². The fourth-order valence-electron chi connectivity index (χ4n) is 0.670. The number of rotatable bonds is 3. The molecule has 0 aliphatic rings. The van der Waals surface area contributed by atoms with Crippen LogP contribution in [0.15, 0.2) is 0 Å². The molecule has 0 N–H and O–H groups in total. The Balaban J connectivity index is 5.12. The van der Waals surface area contributed by atoms with E-state index in [4.69, 9.17) is 11.2 Å². The van der Waals surface area contributed by atoms with E-state index in [0.717, 1.165) is 0 Å². The molecule has 0 aromatic heterocycles. The standard InChI is InChI=1S/C15H27AsO6/c1-13(2,3)10(17)20-16(21-11(18)14(4,5)6)22-12(19)15(7,8)9/h1-9H3. The fourth-order valence-corrected chi connectivity index (χ4v) is 3.48. The second kappa shape index (κ2) is 7.03. The van der Waals surface area contributed by atoms with Crippen molar-refractivity contribution >= 4 is 33.6 Å². The van der Waals surface area contributed by atoms with Crippen molar-refractivity contribution in [1.29, 1.82) is 0 Å². The zero-order valence-corrected chi connectivity index (χ0v) is 16.8. The van der Waals surface area contributed by atoms with Gasteiger partial charge in [0.1, 0.15) is 0 Å². The summed E-state index contributed by atoms with van der Waals surface area (Å²) in [7, 11) is 0. The average molecular weight is 378 g/mol. The summed E-state index contributed by atoms with van der Waals surface area (Å²) < 4.78 is 15.5. The van der Waals surface area contributed by atoms with Crippen LogP contribution in [0, 0.1) is 16.2 Å². The van der Waals surface area contributed by atoms with Gasteiger partial charge in [0.05, 0.1) is 0 Å². The van der Waals surface area contributed by atoms with E-state index in [9.17, 15) is 14.4 Å². The summed E-state index contributed by atoms with van der Waals surface area (Å²) in [6.45, 7) is 15.0. The SMILES string of the molecule is CC(C)(C)C(=O)O[As](OC(=O)C(C)(C)C)OC(=O)C(C)(C)C. The fraction of sp³-hybridized carbons (Fsp3) is 0.800. The molecule has 128 valence electrons. The van der Waals surface area contributed by atoms with Gasteiger partial charge < -0.3 is 0 Å². The first-order valence-electron chi connectivity index (χ1n) is 7.02. The van der Waals surface area contributed by atoms with E-state index in [1.54, 1.807) is 62.3 Å². The maximum atomic E-state index is 12.0. The number of carbonyl (C=O) groups is 3. The molecule has 0 spiro atoms. The van der Waals surface area contributed by atoms with Crippen LogP contribution < -0.4 is 0 Å². The zero-order valence-electron chi connectivity index (χ0n) is 14.9. The third-order valence-electron chi connectivity index (χ3n) is 2.31. The molecule has 7 heteroatoms. The molecule has 0 radical (unpaired) electrons. The van der Waals surface area contributed by atoms with Crippen LogP contribution in [-0.2, 0) is 25.6 Å². The Bertz CT molecular complexity index is 370. The van der Waals surface area contributed by atoms with Crippen molar-refractivity contribution < 1.29 is 25.6 Å². The summed E-state index contributed by atoms with van der Waals surface area (Å²) in [6, 6.07) is 0. The van der Waals surface area contributed by atoms with E-state index in [1.165, 1.54) is 0 Å². The predicted molar refractivity (Wildman–Crippen MR) is 82.4 cm³/mol. The summed E-state index contributed by atoms with van der Waals surface area (Å²) in [5, 5.41) is 0. The van der Waals surface area contributed by atoms with Crippen LogP contribution in [0.4, 0.5) is 0 Å². The van der Waals surface area contributed by atoms with E-state index in [1.807, 2.05) is 0 Å². The van der Waals surface area contributed by atoms with Gasteiger partial charge in [0.15, 0.2) is 0 Å². The zero-order chi connectivity index (χ0) is 17.9. The number of carbonyl (C=O) groups excluding carboxylic acids is 3. The van der Waals surface area contributed by atoms with Gasteiger partial charge in [-0.25, -0.2) is 0 Å². The van der Waals surface area contributed by atoms with Crippen molar-refractivity contribution in [3.05, 3.63) is 0 Å². The maximum absolute atomic E-state index is 12.0. The third kappa shape index (κ3) is 7.30. The molecule has 0 saturated carbocycles. The van der Waals surface area contributed by atoms with Gasteiger partial charge in [0, 0.05) is 0 Å². The molecule has 0 aliphatic heterocycles. The van der Waals surface area contributed by atoms with Crippen molar-refractivity contribution in [3.8, 4) is 0 Å². The Morgan fingerprint density at radius 1 is 0.545 bits per heavy atom. The second-order valence-electron chi connectivity index (χ2n) is 8.11. The normalized spacial score (nSPS) is 12.8. The molecule has 0 unspecified atom stereocenters. The van der Waals surface area contributed by atoms with E-state index in [2.05, 4.69) is 0 Å². The summed E-state index contributed by atoms with van der Waals surface area (Å²) >= 11 is -3.33. The van der Waals surface area contributed by atoms with E-state index < -0.39 is 49.8 Å². The molecule has 0 amide bonds. The predicted octanol–water partition coefficient (Wildman–Crippen LogP) is 2.74. The molecule has 0 fully saturated rings. The Morgan fingerprint density at radius 3 is 0.864 bits per heavy atom. The first-order chi connectivity index (χ1) is 9.55. The molecule has 0 aromatic carbocycles. The van der Waals surface area contributed by atoms with Gasteiger partial charge >= 0.3 is 138 Å². The molecular formula is C15H27AsO6. The molecule has 0 saturated heterocycles. The van der Waals surface area contributed by atoms with E-state index in [0.29, 0.717) is 0 Å². The molecule has 6 nitrogen and oxygen atoms in total. The molecule has 0 aromatic rings. The Hall–Kier alpha value is -1.03. The van der Waals surface area contributed by atoms with Gasteiger partial charge in [-0.15, -0.1) is 0 Å². The van der Waals surface area contributed by atoms with Gasteiger partial charge in [-0.1, -0.05) is 0 Å². The van der Waals surface area contributed by atoms with Crippen LogP contribution in [0.1, 0.15) is 62.3 Å². The summed E-state index contributed by atoms with van der Waals surface area (Å²) in [5.41, 5.74) is -2.35. The van der Waals surface area contributed by atoms with Crippen LogP contribution >= 0.6 is 0 Å².